The van der Waals surface area contributed by atoms with Gasteiger partial charge in [-0.15, -0.1) is 10.2 Å². The summed E-state index contributed by atoms with van der Waals surface area (Å²) in [5, 5.41) is 12.4. The molecule has 0 radical (unpaired) electrons. The fourth-order valence-electron chi connectivity index (χ4n) is 2.59. The second-order valence-electron chi connectivity index (χ2n) is 6.50. The first-order chi connectivity index (χ1) is 13.5. The Hall–Kier alpha value is -1.91. The summed E-state index contributed by atoms with van der Waals surface area (Å²) in [5.74, 6) is 1.03. The van der Waals surface area contributed by atoms with Crippen molar-refractivity contribution in [2.75, 3.05) is 25.2 Å². The highest BCUT2D eigenvalue weighted by atomic mass is 127. The third-order valence-electron chi connectivity index (χ3n) is 4.26. The fraction of sp³-hybridized carbons (Fsp3) is 0.250. The monoisotopic (exact) mass is 507 g/mol. The molecule has 3 rings (SSSR count). The molecule has 0 fully saturated rings. The number of rotatable bonds is 7. The maximum atomic E-state index is 12.4. The van der Waals surface area contributed by atoms with Crippen LogP contribution in [-0.2, 0) is 4.79 Å². The SMILES string of the molecule is CC(c1nnc(SCC(=O)Nc2cccc(I)c2)n1-c1ccccc1)N(C)C. The van der Waals surface area contributed by atoms with Crippen molar-refractivity contribution in [2.45, 2.75) is 18.1 Å². The number of carbonyl (C=O) groups is 1. The molecule has 1 N–H and O–H groups in total. The van der Waals surface area contributed by atoms with Crippen LogP contribution < -0.4 is 5.32 Å². The first-order valence-electron chi connectivity index (χ1n) is 8.81. The van der Waals surface area contributed by atoms with E-state index in [9.17, 15) is 4.79 Å². The van der Waals surface area contributed by atoms with Gasteiger partial charge in [-0.05, 0) is 73.9 Å². The Morgan fingerprint density at radius 2 is 1.93 bits per heavy atom. The Balaban J connectivity index is 1.79. The van der Waals surface area contributed by atoms with Gasteiger partial charge in [0.25, 0.3) is 0 Å². The van der Waals surface area contributed by atoms with E-state index < -0.39 is 0 Å². The molecule has 0 aliphatic rings. The zero-order chi connectivity index (χ0) is 20.1. The van der Waals surface area contributed by atoms with Gasteiger partial charge in [-0.3, -0.25) is 14.3 Å². The number of benzene rings is 2. The number of halogens is 1. The minimum Gasteiger partial charge on any atom is -0.325 e. The van der Waals surface area contributed by atoms with Gasteiger partial charge in [0.15, 0.2) is 11.0 Å². The Labute approximate surface area is 182 Å². The molecule has 1 unspecified atom stereocenters. The summed E-state index contributed by atoms with van der Waals surface area (Å²) in [5.41, 5.74) is 1.78. The quantitative estimate of drug-likeness (QED) is 0.383. The number of carbonyl (C=O) groups excluding carboxylic acids is 1. The van der Waals surface area contributed by atoms with Crippen LogP contribution in [0.25, 0.3) is 5.69 Å². The van der Waals surface area contributed by atoms with Crippen molar-refractivity contribution in [3.05, 3.63) is 64.0 Å². The molecule has 28 heavy (non-hydrogen) atoms. The lowest BCUT2D eigenvalue weighted by Crippen LogP contribution is -2.21. The molecular formula is C20H22IN5OS. The van der Waals surface area contributed by atoms with Crippen molar-refractivity contribution < 1.29 is 4.79 Å². The van der Waals surface area contributed by atoms with E-state index in [1.807, 2.05) is 73.3 Å². The molecule has 0 aliphatic carbocycles. The maximum Gasteiger partial charge on any atom is 0.234 e. The zero-order valence-corrected chi connectivity index (χ0v) is 18.9. The van der Waals surface area contributed by atoms with Crippen molar-refractivity contribution in [2.24, 2.45) is 0 Å². The van der Waals surface area contributed by atoms with Crippen molar-refractivity contribution >= 4 is 45.9 Å². The van der Waals surface area contributed by atoms with Crippen LogP contribution in [0, 0.1) is 3.57 Å². The van der Waals surface area contributed by atoms with Crippen LogP contribution in [-0.4, -0.2) is 45.4 Å². The largest absolute Gasteiger partial charge is 0.325 e. The number of nitrogens with zero attached hydrogens (tertiary/aromatic N) is 4. The van der Waals surface area contributed by atoms with Crippen LogP contribution in [0.15, 0.2) is 59.8 Å². The Morgan fingerprint density at radius 3 is 2.61 bits per heavy atom. The van der Waals surface area contributed by atoms with E-state index in [4.69, 9.17) is 0 Å². The molecule has 146 valence electrons. The highest BCUT2D eigenvalue weighted by Crippen LogP contribution is 2.26. The van der Waals surface area contributed by atoms with Crippen LogP contribution in [0.5, 0.6) is 0 Å². The predicted molar refractivity (Wildman–Crippen MR) is 122 cm³/mol. The van der Waals surface area contributed by atoms with Crippen molar-refractivity contribution in [1.82, 2.24) is 19.7 Å². The molecule has 3 aromatic rings. The molecule has 8 heteroatoms. The number of aromatic nitrogens is 3. The molecule has 1 aromatic heterocycles. The topological polar surface area (TPSA) is 63.1 Å². The lowest BCUT2D eigenvalue weighted by molar-refractivity contribution is -0.113. The first kappa shape index (κ1) is 20.8. The van der Waals surface area contributed by atoms with E-state index in [1.165, 1.54) is 11.8 Å². The average molecular weight is 507 g/mol. The normalized spacial score (nSPS) is 12.2. The predicted octanol–water partition coefficient (Wildman–Crippen LogP) is 4.23. The summed E-state index contributed by atoms with van der Waals surface area (Å²) in [4.78, 5) is 14.5. The van der Waals surface area contributed by atoms with Gasteiger partial charge in [-0.1, -0.05) is 36.0 Å². The third-order valence-corrected chi connectivity index (χ3v) is 5.86. The number of hydrogen-bond acceptors (Lipinski definition) is 5. The summed E-state index contributed by atoms with van der Waals surface area (Å²) < 4.78 is 3.10. The van der Waals surface area contributed by atoms with E-state index in [-0.39, 0.29) is 17.7 Å². The van der Waals surface area contributed by atoms with Crippen LogP contribution >= 0.6 is 34.4 Å². The van der Waals surface area contributed by atoms with Gasteiger partial charge in [0.1, 0.15) is 0 Å². The zero-order valence-electron chi connectivity index (χ0n) is 16.0. The third kappa shape index (κ3) is 5.12. The van der Waals surface area contributed by atoms with Crippen LogP contribution in [0.1, 0.15) is 18.8 Å². The van der Waals surface area contributed by atoms with E-state index >= 15 is 0 Å². The number of amides is 1. The standard InChI is InChI=1S/C20H22IN5OS/c1-14(25(2)3)19-23-24-20(26(19)17-10-5-4-6-11-17)28-13-18(27)22-16-9-7-8-15(21)12-16/h4-12,14H,13H2,1-3H3,(H,22,27). The molecule has 6 nitrogen and oxygen atoms in total. The van der Waals surface area contributed by atoms with E-state index in [0.29, 0.717) is 5.16 Å². The van der Waals surface area contributed by atoms with E-state index in [2.05, 4.69) is 49.9 Å². The average Bonchev–Trinajstić information content (AvgIpc) is 3.10. The number of nitrogens with one attached hydrogen (secondary N) is 1. The van der Waals surface area contributed by atoms with E-state index in [0.717, 1.165) is 20.8 Å². The summed E-state index contributed by atoms with van der Waals surface area (Å²) in [6.45, 7) is 2.08. The number of hydrogen-bond donors (Lipinski definition) is 1. The number of thioether (sulfide) groups is 1. The number of para-hydroxylation sites is 1. The van der Waals surface area contributed by atoms with Crippen LogP contribution in [0.3, 0.4) is 0 Å². The van der Waals surface area contributed by atoms with E-state index in [1.54, 1.807) is 0 Å². The van der Waals surface area contributed by atoms with Crippen LogP contribution in [0.4, 0.5) is 5.69 Å². The molecule has 0 bridgehead atoms. The summed E-state index contributed by atoms with van der Waals surface area (Å²) in [6.07, 6.45) is 0. The summed E-state index contributed by atoms with van der Waals surface area (Å²) in [6, 6.07) is 17.8. The molecular weight excluding hydrogens is 485 g/mol. The first-order valence-corrected chi connectivity index (χ1v) is 10.9. The molecule has 0 aliphatic heterocycles. The Kier molecular flexibility index (Phi) is 7.08. The second kappa shape index (κ2) is 9.53. The lowest BCUT2D eigenvalue weighted by atomic mass is 10.2. The van der Waals surface area contributed by atoms with Gasteiger partial charge in [0, 0.05) is 14.9 Å². The van der Waals surface area contributed by atoms with Gasteiger partial charge >= 0.3 is 0 Å². The van der Waals surface area contributed by atoms with Crippen LogP contribution in [0.2, 0.25) is 0 Å². The molecule has 1 atom stereocenters. The lowest BCUT2D eigenvalue weighted by Gasteiger charge is -2.20. The van der Waals surface area contributed by atoms with Gasteiger partial charge in [-0.25, -0.2) is 0 Å². The van der Waals surface area contributed by atoms with Crippen molar-refractivity contribution in [3.63, 3.8) is 0 Å². The van der Waals surface area contributed by atoms with Gasteiger partial charge in [-0.2, -0.15) is 0 Å². The fourth-order valence-corrected chi connectivity index (χ4v) is 3.89. The molecule has 1 heterocycles. The molecule has 0 saturated carbocycles. The van der Waals surface area contributed by atoms with Gasteiger partial charge < -0.3 is 5.32 Å². The van der Waals surface area contributed by atoms with Gasteiger partial charge in [0.05, 0.1) is 11.8 Å². The Morgan fingerprint density at radius 1 is 1.18 bits per heavy atom. The minimum absolute atomic E-state index is 0.0724. The molecule has 0 spiro atoms. The summed E-state index contributed by atoms with van der Waals surface area (Å²) >= 11 is 3.61. The second-order valence-corrected chi connectivity index (χ2v) is 8.69. The highest BCUT2D eigenvalue weighted by Gasteiger charge is 2.21. The molecule has 2 aromatic carbocycles. The maximum absolute atomic E-state index is 12.4. The summed E-state index contributed by atoms with van der Waals surface area (Å²) in [7, 11) is 4.02. The Bertz CT molecular complexity index is 945. The minimum atomic E-state index is -0.0724. The highest BCUT2D eigenvalue weighted by molar-refractivity contribution is 14.1. The number of anilines is 1. The molecule has 1 amide bonds. The smallest absolute Gasteiger partial charge is 0.234 e. The van der Waals surface area contributed by atoms with Crippen molar-refractivity contribution in [1.29, 1.82) is 0 Å². The van der Waals surface area contributed by atoms with Crippen molar-refractivity contribution in [3.8, 4) is 5.69 Å². The van der Waals surface area contributed by atoms with Gasteiger partial charge in [0.2, 0.25) is 5.91 Å². The molecule has 0 saturated heterocycles.